The van der Waals surface area contributed by atoms with Crippen molar-refractivity contribution in [2.75, 3.05) is 13.2 Å². The van der Waals surface area contributed by atoms with Gasteiger partial charge >= 0.3 is 12.3 Å². The van der Waals surface area contributed by atoms with Crippen molar-refractivity contribution in [2.24, 2.45) is 0 Å². The quantitative estimate of drug-likeness (QED) is 0.857. The zero-order valence-electron chi connectivity index (χ0n) is 9.33. The van der Waals surface area contributed by atoms with Crippen LogP contribution in [0.4, 0.5) is 18.0 Å². The fraction of sp³-hybridized carbons (Fsp3) is 0.364. The average molecular weight is 263 g/mol. The standard InChI is InChI=1S/C11H12F3NO3/c12-11(13,14)7-18-9-3-1-8(2-4-9)5-6-15-10(16)17/h1-4,15H,5-7H2,(H,16,17). The Morgan fingerprint density at radius 3 is 2.39 bits per heavy atom. The van der Waals surface area contributed by atoms with Crippen molar-refractivity contribution >= 4 is 6.09 Å². The third-order valence-corrected chi connectivity index (χ3v) is 2.02. The molecule has 100 valence electrons. The number of nitrogens with one attached hydrogen (secondary N) is 1. The van der Waals surface area contributed by atoms with E-state index in [1.165, 1.54) is 12.1 Å². The maximum atomic E-state index is 11.9. The molecule has 0 aromatic heterocycles. The zero-order chi connectivity index (χ0) is 13.6. The fourth-order valence-corrected chi connectivity index (χ4v) is 1.23. The van der Waals surface area contributed by atoms with Crippen LogP contribution < -0.4 is 10.1 Å². The molecule has 0 heterocycles. The molecule has 18 heavy (non-hydrogen) atoms. The molecule has 0 atom stereocenters. The molecule has 1 aromatic carbocycles. The number of carboxylic acid groups (broad SMARTS) is 1. The Morgan fingerprint density at radius 1 is 1.28 bits per heavy atom. The Balaban J connectivity index is 2.40. The topological polar surface area (TPSA) is 58.6 Å². The molecule has 0 aliphatic carbocycles. The normalized spacial score (nSPS) is 11.1. The summed E-state index contributed by atoms with van der Waals surface area (Å²) in [6, 6.07) is 6.02. The molecule has 2 N–H and O–H groups in total. The summed E-state index contributed by atoms with van der Waals surface area (Å²) in [7, 11) is 0. The second-order valence-corrected chi connectivity index (χ2v) is 3.53. The fourth-order valence-electron chi connectivity index (χ4n) is 1.23. The van der Waals surface area contributed by atoms with E-state index in [0.717, 1.165) is 5.56 Å². The molecule has 0 unspecified atom stereocenters. The average Bonchev–Trinajstić information content (AvgIpc) is 2.26. The van der Waals surface area contributed by atoms with Crippen molar-refractivity contribution in [2.45, 2.75) is 12.6 Å². The lowest BCUT2D eigenvalue weighted by Gasteiger charge is -2.09. The molecule has 0 fully saturated rings. The van der Waals surface area contributed by atoms with E-state index in [4.69, 9.17) is 5.11 Å². The van der Waals surface area contributed by atoms with Gasteiger partial charge in [-0.3, -0.25) is 0 Å². The first-order chi connectivity index (χ1) is 8.37. The summed E-state index contributed by atoms with van der Waals surface area (Å²) in [6.07, 6.45) is -5.00. The van der Waals surface area contributed by atoms with Crippen LogP contribution in [0.3, 0.4) is 0 Å². The van der Waals surface area contributed by atoms with Crippen molar-refractivity contribution < 1.29 is 27.8 Å². The maximum Gasteiger partial charge on any atom is 0.422 e. The van der Waals surface area contributed by atoms with E-state index in [1.54, 1.807) is 12.1 Å². The third kappa shape index (κ3) is 5.97. The number of rotatable bonds is 5. The highest BCUT2D eigenvalue weighted by molar-refractivity contribution is 5.64. The van der Waals surface area contributed by atoms with Crippen molar-refractivity contribution in [1.29, 1.82) is 0 Å². The summed E-state index contributed by atoms with van der Waals surface area (Å²) < 4.78 is 40.2. The van der Waals surface area contributed by atoms with Crippen LogP contribution in [0, 0.1) is 0 Å². The number of ether oxygens (including phenoxy) is 1. The number of hydrogen-bond acceptors (Lipinski definition) is 2. The van der Waals surface area contributed by atoms with Gasteiger partial charge in [-0.2, -0.15) is 13.2 Å². The second-order valence-electron chi connectivity index (χ2n) is 3.53. The second kappa shape index (κ2) is 6.13. The van der Waals surface area contributed by atoms with Crippen LogP contribution in [-0.4, -0.2) is 30.5 Å². The van der Waals surface area contributed by atoms with Gasteiger partial charge in [-0.1, -0.05) is 12.1 Å². The van der Waals surface area contributed by atoms with E-state index in [9.17, 15) is 18.0 Å². The Bertz CT molecular complexity index is 390. The zero-order valence-corrected chi connectivity index (χ0v) is 9.33. The molecule has 7 heteroatoms. The summed E-state index contributed by atoms with van der Waals surface area (Å²) >= 11 is 0. The van der Waals surface area contributed by atoms with Gasteiger partial charge in [0, 0.05) is 6.54 Å². The highest BCUT2D eigenvalue weighted by Gasteiger charge is 2.28. The molecule has 0 aliphatic rings. The van der Waals surface area contributed by atoms with Gasteiger partial charge in [0.25, 0.3) is 0 Å². The summed E-state index contributed by atoms with van der Waals surface area (Å²) in [5.74, 6) is 0.127. The largest absolute Gasteiger partial charge is 0.484 e. The SMILES string of the molecule is O=C(O)NCCc1ccc(OCC(F)(F)F)cc1. The van der Waals surface area contributed by atoms with Gasteiger partial charge in [0.05, 0.1) is 0 Å². The molecule has 1 amide bonds. The summed E-state index contributed by atoms with van der Waals surface area (Å²) in [5, 5.41) is 10.5. The first-order valence-corrected chi connectivity index (χ1v) is 5.12. The molecule has 0 spiro atoms. The minimum absolute atomic E-state index is 0.127. The first kappa shape index (κ1) is 14.1. The lowest BCUT2D eigenvalue weighted by atomic mass is 10.1. The molecule has 1 rings (SSSR count). The molecule has 4 nitrogen and oxygen atoms in total. The van der Waals surface area contributed by atoms with Crippen LogP contribution in [0.25, 0.3) is 0 Å². The number of halogens is 3. The van der Waals surface area contributed by atoms with Crippen molar-refractivity contribution in [3.63, 3.8) is 0 Å². The van der Waals surface area contributed by atoms with E-state index in [0.29, 0.717) is 6.42 Å². The minimum Gasteiger partial charge on any atom is -0.484 e. The molecule has 1 aromatic rings. The van der Waals surface area contributed by atoms with Crippen molar-refractivity contribution in [1.82, 2.24) is 5.32 Å². The Labute approximate surface area is 101 Å². The molecule has 0 saturated carbocycles. The molecular weight excluding hydrogens is 251 g/mol. The number of alkyl halides is 3. The lowest BCUT2D eigenvalue weighted by Crippen LogP contribution is -2.23. The van der Waals surface area contributed by atoms with E-state index in [1.807, 2.05) is 0 Å². The van der Waals surface area contributed by atoms with E-state index >= 15 is 0 Å². The predicted octanol–water partition coefficient (Wildman–Crippen LogP) is 2.44. The van der Waals surface area contributed by atoms with Gasteiger partial charge in [0.1, 0.15) is 5.75 Å². The Hall–Kier alpha value is -1.92. The van der Waals surface area contributed by atoms with Gasteiger partial charge in [-0.25, -0.2) is 4.79 Å². The van der Waals surface area contributed by atoms with Crippen LogP contribution in [0.2, 0.25) is 0 Å². The molecule has 0 radical (unpaired) electrons. The molecular formula is C11H12F3NO3. The van der Waals surface area contributed by atoms with Crippen LogP contribution in [0.15, 0.2) is 24.3 Å². The van der Waals surface area contributed by atoms with Gasteiger partial charge in [-0.15, -0.1) is 0 Å². The van der Waals surface area contributed by atoms with E-state index < -0.39 is 18.9 Å². The highest BCUT2D eigenvalue weighted by Crippen LogP contribution is 2.18. The third-order valence-electron chi connectivity index (χ3n) is 2.02. The summed E-state index contributed by atoms with van der Waals surface area (Å²) in [6.45, 7) is -1.08. The lowest BCUT2D eigenvalue weighted by molar-refractivity contribution is -0.153. The van der Waals surface area contributed by atoms with Gasteiger partial charge in [0.15, 0.2) is 6.61 Å². The number of amides is 1. The summed E-state index contributed by atoms with van der Waals surface area (Å²) in [4.78, 5) is 10.2. The first-order valence-electron chi connectivity index (χ1n) is 5.12. The Morgan fingerprint density at radius 2 is 1.89 bits per heavy atom. The number of carbonyl (C=O) groups is 1. The van der Waals surface area contributed by atoms with E-state index in [-0.39, 0.29) is 12.3 Å². The van der Waals surface area contributed by atoms with Crippen LogP contribution in [0.5, 0.6) is 5.75 Å². The molecule has 0 bridgehead atoms. The number of hydrogen-bond donors (Lipinski definition) is 2. The van der Waals surface area contributed by atoms with Crippen molar-refractivity contribution in [3.8, 4) is 5.75 Å². The molecule has 0 saturated heterocycles. The van der Waals surface area contributed by atoms with Crippen LogP contribution >= 0.6 is 0 Å². The van der Waals surface area contributed by atoms with Crippen LogP contribution in [0.1, 0.15) is 5.56 Å². The molecule has 0 aliphatic heterocycles. The van der Waals surface area contributed by atoms with Gasteiger partial charge in [0.2, 0.25) is 0 Å². The smallest absolute Gasteiger partial charge is 0.422 e. The predicted molar refractivity (Wildman–Crippen MR) is 57.7 cm³/mol. The minimum atomic E-state index is -4.36. The van der Waals surface area contributed by atoms with E-state index in [2.05, 4.69) is 10.1 Å². The van der Waals surface area contributed by atoms with Gasteiger partial charge in [-0.05, 0) is 24.1 Å². The summed E-state index contributed by atoms with van der Waals surface area (Å²) in [5.41, 5.74) is 0.808. The maximum absolute atomic E-state index is 11.9. The van der Waals surface area contributed by atoms with Gasteiger partial charge < -0.3 is 15.2 Å². The Kier molecular flexibility index (Phi) is 4.82. The van der Waals surface area contributed by atoms with Crippen molar-refractivity contribution in [3.05, 3.63) is 29.8 Å². The number of benzene rings is 1. The monoisotopic (exact) mass is 263 g/mol. The highest BCUT2D eigenvalue weighted by atomic mass is 19.4. The van der Waals surface area contributed by atoms with Crippen LogP contribution in [-0.2, 0) is 6.42 Å².